The summed E-state index contributed by atoms with van der Waals surface area (Å²) in [6, 6.07) is 5.08. The normalized spacial score (nSPS) is 31.3. The predicted molar refractivity (Wildman–Crippen MR) is 213 cm³/mol. The lowest BCUT2D eigenvalue weighted by molar-refractivity contribution is -0.168. The molecule has 4 aromatic rings. The van der Waals surface area contributed by atoms with Crippen molar-refractivity contribution in [3.8, 4) is 11.5 Å². The molecule has 1 amide bonds. The van der Waals surface area contributed by atoms with Gasteiger partial charge < -0.3 is 43.6 Å². The fourth-order valence-corrected chi connectivity index (χ4v) is 8.30. The molecule has 1 aromatic heterocycles. The van der Waals surface area contributed by atoms with Gasteiger partial charge in [-0.25, -0.2) is 4.98 Å². The molecule has 14 nitrogen and oxygen atoms in total. The fraction of sp³-hybridized carbons (Fsp3) is 0.405. The number of anilines is 1. The third-order valence-electron chi connectivity index (χ3n) is 11.2. The number of phenolic OH excluding ortho intramolecular Hbond substituents is 1. The molecule has 0 radical (unpaired) electrons. The molecule has 15 heteroatoms. The van der Waals surface area contributed by atoms with Gasteiger partial charge in [-0.3, -0.25) is 19.2 Å². The van der Waals surface area contributed by atoms with Gasteiger partial charge in [0.2, 0.25) is 0 Å². The summed E-state index contributed by atoms with van der Waals surface area (Å²) in [5.41, 5.74) is -0.157. The van der Waals surface area contributed by atoms with Crippen LogP contribution in [0.3, 0.4) is 0 Å². The maximum absolute atomic E-state index is 14.5. The molecule has 0 saturated carbocycles. The van der Waals surface area contributed by atoms with E-state index in [9.17, 15) is 29.4 Å². The van der Waals surface area contributed by atoms with E-state index in [1.54, 1.807) is 44.2 Å². The number of nitrogens with zero attached hydrogens (tertiary/aromatic N) is 1. The lowest BCUT2D eigenvalue weighted by Gasteiger charge is -2.33. The monoisotopic (exact) mass is 846 g/mol. The molecule has 8 rings (SSSR count). The summed E-state index contributed by atoms with van der Waals surface area (Å²) in [7, 11) is 1.45. The van der Waals surface area contributed by atoms with Crippen LogP contribution in [0.25, 0.3) is 33.0 Å². The smallest absolute Gasteiger partial charge is 0.312 e. The number of benzene rings is 3. The zero-order valence-corrected chi connectivity index (χ0v) is 34.1. The number of allylic oxidation sites excluding steroid dienone is 2. The molecule has 4 aliphatic rings. The molecule has 4 aliphatic heterocycles. The van der Waals surface area contributed by atoms with E-state index in [2.05, 4.69) is 21.2 Å². The number of aromatic nitrogens is 1. The highest BCUT2D eigenvalue weighted by Crippen LogP contribution is 2.48. The van der Waals surface area contributed by atoms with Crippen LogP contribution in [0.5, 0.6) is 11.5 Å². The molecule has 300 valence electrons. The Hall–Kier alpha value is -5.09. The maximum atomic E-state index is 14.5. The SMILES string of the molecule is CO[C@H]1/C=C/O[C@@]2(C)Oc3c(C)c(=O)c4c(O)c(c5oc6cc(Br)ccc6nc5c4c3C2=O)NC(=O)/C(C)=C\C=C\[C@H](C)[C@@H]2O[C@H]([C@H](O)[C@@H]2C)[C@H](OC(C)=O)[C@@H]1C. The Morgan fingerprint density at radius 3 is 2.49 bits per heavy atom. The van der Waals surface area contributed by atoms with E-state index in [0.717, 1.165) is 0 Å². The number of carbonyl (C=O) groups is 3. The summed E-state index contributed by atoms with van der Waals surface area (Å²) in [5, 5.41) is 25.8. The number of esters is 1. The average Bonchev–Trinajstić information content (AvgIpc) is 3.61. The third kappa shape index (κ3) is 6.79. The van der Waals surface area contributed by atoms with Crippen molar-refractivity contribution in [2.75, 3.05) is 12.4 Å². The van der Waals surface area contributed by atoms with Crippen LogP contribution in [0.4, 0.5) is 5.69 Å². The Kier molecular flexibility index (Phi) is 10.6. The van der Waals surface area contributed by atoms with Crippen LogP contribution in [-0.4, -0.2) is 76.3 Å². The van der Waals surface area contributed by atoms with Crippen LogP contribution in [0.1, 0.15) is 57.5 Å². The summed E-state index contributed by atoms with van der Waals surface area (Å²) in [4.78, 5) is 59.7. The number of phenols is 1. The van der Waals surface area contributed by atoms with Crippen LogP contribution in [0.2, 0.25) is 0 Å². The van der Waals surface area contributed by atoms with Crippen LogP contribution in [0.15, 0.2) is 68.0 Å². The van der Waals surface area contributed by atoms with E-state index in [1.165, 1.54) is 40.2 Å². The first-order valence-electron chi connectivity index (χ1n) is 18.5. The minimum absolute atomic E-state index is 0.01000. The molecular weight excluding hydrogens is 804 g/mol. The number of amides is 1. The summed E-state index contributed by atoms with van der Waals surface area (Å²) in [6.07, 6.45) is 3.67. The van der Waals surface area contributed by atoms with Gasteiger partial charge in [-0.05, 0) is 38.1 Å². The minimum Gasteiger partial charge on any atom is -0.505 e. The number of methoxy groups -OCH3 is 1. The maximum Gasteiger partial charge on any atom is 0.312 e. The van der Waals surface area contributed by atoms with Crippen molar-refractivity contribution < 1.29 is 52.7 Å². The van der Waals surface area contributed by atoms with Gasteiger partial charge in [0.15, 0.2) is 22.3 Å². The molecule has 9 atom stereocenters. The van der Waals surface area contributed by atoms with Gasteiger partial charge >= 0.3 is 11.8 Å². The van der Waals surface area contributed by atoms with E-state index >= 15 is 0 Å². The largest absolute Gasteiger partial charge is 0.505 e. The Bertz CT molecular complexity index is 2510. The summed E-state index contributed by atoms with van der Waals surface area (Å²) in [6.45, 7) is 11.2. The van der Waals surface area contributed by atoms with E-state index < -0.39 is 71.1 Å². The van der Waals surface area contributed by atoms with Gasteiger partial charge in [0.05, 0.1) is 35.5 Å². The second kappa shape index (κ2) is 15.0. The van der Waals surface area contributed by atoms with Crippen molar-refractivity contribution in [3.63, 3.8) is 0 Å². The van der Waals surface area contributed by atoms with Crippen LogP contribution >= 0.6 is 15.9 Å². The number of hydrogen-bond donors (Lipinski definition) is 3. The number of ketones is 1. The van der Waals surface area contributed by atoms with E-state index in [0.29, 0.717) is 9.99 Å². The number of rotatable bonds is 2. The molecule has 0 spiro atoms. The van der Waals surface area contributed by atoms with Crippen LogP contribution in [-0.2, 0) is 28.5 Å². The molecular formula is C42H43BrN2O12. The number of aliphatic hydroxyl groups excluding tert-OH is 1. The van der Waals surface area contributed by atoms with E-state index in [4.69, 9.17) is 33.1 Å². The van der Waals surface area contributed by atoms with Crippen molar-refractivity contribution >= 4 is 72.2 Å². The fourth-order valence-electron chi connectivity index (χ4n) is 7.96. The third-order valence-corrected chi connectivity index (χ3v) is 11.7. The summed E-state index contributed by atoms with van der Waals surface area (Å²) in [5.74, 6) is -5.85. The Labute approximate surface area is 335 Å². The average molecular weight is 848 g/mol. The number of Topliss-reactive ketones (excluding diaryl/α,β-unsaturated/α-hetero) is 1. The number of halogens is 1. The second-order valence-corrected chi connectivity index (χ2v) is 16.0. The number of aromatic hydroxyl groups is 1. The minimum atomic E-state index is -2.01. The number of carbonyl (C=O) groups excluding carboxylic acids is 3. The summed E-state index contributed by atoms with van der Waals surface area (Å²) < 4.78 is 37.2. The zero-order valence-electron chi connectivity index (χ0n) is 32.5. The quantitative estimate of drug-likeness (QED) is 0.0855. The number of fused-ring (bicyclic) bond motifs is 9. The van der Waals surface area contributed by atoms with Gasteiger partial charge in [-0.1, -0.05) is 54.9 Å². The van der Waals surface area contributed by atoms with E-state index in [-0.39, 0.29) is 67.4 Å². The first kappa shape index (κ1) is 40.1. The Morgan fingerprint density at radius 2 is 1.79 bits per heavy atom. The molecule has 3 N–H and O–H groups in total. The molecule has 1 fully saturated rings. The first-order chi connectivity index (χ1) is 27.0. The lowest BCUT2D eigenvalue weighted by atomic mass is 9.86. The molecule has 0 unspecified atom stereocenters. The highest BCUT2D eigenvalue weighted by atomic mass is 79.9. The molecule has 3 aromatic carbocycles. The number of hydrogen-bond acceptors (Lipinski definition) is 13. The van der Waals surface area contributed by atoms with Gasteiger partial charge in [0, 0.05) is 59.7 Å². The van der Waals surface area contributed by atoms with Crippen molar-refractivity contribution in [2.45, 2.75) is 84.8 Å². The highest BCUT2D eigenvalue weighted by molar-refractivity contribution is 9.10. The Morgan fingerprint density at radius 1 is 1.05 bits per heavy atom. The summed E-state index contributed by atoms with van der Waals surface area (Å²) >= 11 is 3.43. The van der Waals surface area contributed by atoms with Crippen molar-refractivity contribution in [2.24, 2.45) is 17.8 Å². The van der Waals surface area contributed by atoms with Crippen LogP contribution < -0.4 is 15.5 Å². The van der Waals surface area contributed by atoms with Gasteiger partial charge in [-0.15, -0.1) is 0 Å². The van der Waals surface area contributed by atoms with Gasteiger partial charge in [-0.2, -0.15) is 0 Å². The highest BCUT2D eigenvalue weighted by Gasteiger charge is 2.51. The number of nitrogens with one attached hydrogen (secondary N) is 1. The lowest BCUT2D eigenvalue weighted by Crippen LogP contribution is -2.46. The molecule has 1 saturated heterocycles. The van der Waals surface area contributed by atoms with Crippen molar-refractivity contribution in [1.82, 2.24) is 4.98 Å². The van der Waals surface area contributed by atoms with Gasteiger partial charge in [0.1, 0.15) is 34.7 Å². The molecule has 7 bridgehead atoms. The Balaban J connectivity index is 1.45. The molecule has 0 aliphatic carbocycles. The molecule has 57 heavy (non-hydrogen) atoms. The number of aliphatic hydroxyl groups is 1. The second-order valence-electron chi connectivity index (χ2n) is 15.1. The van der Waals surface area contributed by atoms with Crippen molar-refractivity contribution in [3.05, 3.63) is 80.2 Å². The topological polar surface area (TPSA) is 193 Å². The predicted octanol–water partition coefficient (Wildman–Crippen LogP) is 6.53. The van der Waals surface area contributed by atoms with E-state index in [1.807, 2.05) is 19.9 Å². The first-order valence-corrected chi connectivity index (χ1v) is 19.3. The number of ether oxygens (including phenoxy) is 5. The standard InChI is InChI=1S/C42H43BrN2O12/c1-17-10-9-11-18(2)41(51)45-31-34(49)28-27(30-38(31)55-26-16-23(43)12-13-24(26)44-30)29-36(20(4)32(28)47)57-42(7,40(29)50)53-15-14-25(52-8)19(3)37(54-22(6)46)39-33(48)21(5)35(17)56-39/h9-17,19,21,25,33,35,37,39,48-49H,1-8H3,(H,45,51)/b10-9+,15-14+,18-11-/t17-,19+,21-,25-,33+,35-,37+,39+,42-/m0/s1. The zero-order chi connectivity index (χ0) is 41.2. The van der Waals surface area contributed by atoms with Crippen molar-refractivity contribution in [1.29, 1.82) is 0 Å². The van der Waals surface area contributed by atoms with Crippen LogP contribution in [0, 0.1) is 24.7 Å². The van der Waals surface area contributed by atoms with Gasteiger partial charge in [0.25, 0.3) is 11.7 Å². The molecule has 5 heterocycles.